The van der Waals surface area contributed by atoms with Crippen LogP contribution in [0.1, 0.15) is 17.4 Å². The van der Waals surface area contributed by atoms with E-state index in [9.17, 15) is 8.78 Å². The molecule has 4 heteroatoms. The van der Waals surface area contributed by atoms with E-state index in [2.05, 4.69) is 0 Å². The van der Waals surface area contributed by atoms with Crippen LogP contribution in [0, 0.1) is 18.6 Å². The van der Waals surface area contributed by atoms with Crippen molar-refractivity contribution >= 4 is 0 Å². The SMILES string of the molecule is Cc1cc(F)c(C(O)O)cc1F. The molecule has 66 valence electrons. The Kier molecular flexibility index (Phi) is 2.40. The quantitative estimate of drug-likeness (QED) is 0.629. The van der Waals surface area contributed by atoms with E-state index < -0.39 is 23.5 Å². The van der Waals surface area contributed by atoms with Crippen molar-refractivity contribution in [2.24, 2.45) is 0 Å². The summed E-state index contributed by atoms with van der Waals surface area (Å²) < 4.78 is 25.5. The minimum atomic E-state index is -1.97. The molecule has 1 rings (SSSR count). The maximum atomic E-state index is 12.8. The van der Waals surface area contributed by atoms with E-state index in [1.165, 1.54) is 6.92 Å². The van der Waals surface area contributed by atoms with Gasteiger partial charge < -0.3 is 10.2 Å². The first-order valence-electron chi connectivity index (χ1n) is 3.34. The normalized spacial score (nSPS) is 10.8. The number of rotatable bonds is 1. The number of aryl methyl sites for hydroxylation is 1. The highest BCUT2D eigenvalue weighted by molar-refractivity contribution is 5.25. The standard InChI is InChI=1S/C8H8F2O2/c1-4-2-7(10)5(8(11)12)3-6(4)9/h2-3,8,11-12H,1H3. The molecular weight excluding hydrogens is 166 g/mol. The third kappa shape index (κ3) is 1.60. The molecule has 2 N–H and O–H groups in total. The molecule has 0 aliphatic heterocycles. The number of aliphatic hydroxyl groups is 2. The molecule has 0 aliphatic rings. The first-order chi connectivity index (χ1) is 5.52. The van der Waals surface area contributed by atoms with Crippen molar-refractivity contribution in [1.29, 1.82) is 0 Å². The lowest BCUT2D eigenvalue weighted by atomic mass is 10.1. The van der Waals surface area contributed by atoms with Gasteiger partial charge in [0.1, 0.15) is 11.6 Å². The number of hydrogen-bond donors (Lipinski definition) is 2. The van der Waals surface area contributed by atoms with Crippen molar-refractivity contribution in [3.8, 4) is 0 Å². The summed E-state index contributed by atoms with van der Waals surface area (Å²) in [5.41, 5.74) is -0.310. The molecule has 0 fully saturated rings. The third-order valence-electron chi connectivity index (χ3n) is 1.56. The third-order valence-corrected chi connectivity index (χ3v) is 1.56. The Bertz CT molecular complexity index is 297. The molecule has 1 aromatic rings. The summed E-state index contributed by atoms with van der Waals surface area (Å²) >= 11 is 0. The first-order valence-corrected chi connectivity index (χ1v) is 3.34. The van der Waals surface area contributed by atoms with Crippen LogP contribution in [-0.2, 0) is 0 Å². The molecule has 0 aliphatic carbocycles. The smallest absolute Gasteiger partial charge is 0.181 e. The van der Waals surface area contributed by atoms with Crippen molar-refractivity contribution in [2.75, 3.05) is 0 Å². The van der Waals surface area contributed by atoms with Gasteiger partial charge in [-0.1, -0.05) is 0 Å². The molecule has 0 bridgehead atoms. The number of benzene rings is 1. The van der Waals surface area contributed by atoms with E-state index in [-0.39, 0.29) is 5.56 Å². The monoisotopic (exact) mass is 174 g/mol. The second-order valence-electron chi connectivity index (χ2n) is 2.50. The zero-order valence-electron chi connectivity index (χ0n) is 6.38. The topological polar surface area (TPSA) is 40.5 Å². The first kappa shape index (κ1) is 9.09. The summed E-state index contributed by atoms with van der Waals surface area (Å²) in [6, 6.07) is 1.69. The minimum absolute atomic E-state index is 0.136. The molecule has 0 aromatic heterocycles. The highest BCUT2D eigenvalue weighted by Crippen LogP contribution is 2.18. The summed E-state index contributed by atoms with van der Waals surface area (Å²) in [7, 11) is 0. The predicted octanol–water partition coefficient (Wildman–Crippen LogP) is 1.26. The van der Waals surface area contributed by atoms with Gasteiger partial charge in [-0.3, -0.25) is 0 Å². The van der Waals surface area contributed by atoms with Gasteiger partial charge in [0, 0.05) is 5.56 Å². The molecule has 0 unspecified atom stereocenters. The van der Waals surface area contributed by atoms with Gasteiger partial charge in [-0.05, 0) is 24.6 Å². The Hall–Kier alpha value is -1.00. The van der Waals surface area contributed by atoms with Crippen LogP contribution in [0.15, 0.2) is 12.1 Å². The maximum absolute atomic E-state index is 12.8. The summed E-state index contributed by atoms with van der Waals surface area (Å²) in [5.74, 6) is -1.47. The van der Waals surface area contributed by atoms with E-state index in [1.54, 1.807) is 0 Å². The summed E-state index contributed by atoms with van der Waals surface area (Å²) in [6.07, 6.45) is -1.97. The van der Waals surface area contributed by atoms with Crippen LogP contribution in [0.3, 0.4) is 0 Å². The predicted molar refractivity (Wildman–Crippen MR) is 38.3 cm³/mol. The van der Waals surface area contributed by atoms with Crippen LogP contribution in [0.5, 0.6) is 0 Å². The van der Waals surface area contributed by atoms with Gasteiger partial charge in [0.2, 0.25) is 0 Å². The van der Waals surface area contributed by atoms with Gasteiger partial charge in [0.25, 0.3) is 0 Å². The van der Waals surface area contributed by atoms with E-state index in [0.29, 0.717) is 0 Å². The molecule has 2 nitrogen and oxygen atoms in total. The van der Waals surface area contributed by atoms with Crippen LogP contribution in [0.25, 0.3) is 0 Å². The number of hydrogen-bond acceptors (Lipinski definition) is 2. The lowest BCUT2D eigenvalue weighted by Gasteiger charge is -2.06. The van der Waals surface area contributed by atoms with Crippen LogP contribution in [0.4, 0.5) is 8.78 Å². The molecule has 0 amide bonds. The second kappa shape index (κ2) is 3.16. The van der Waals surface area contributed by atoms with E-state index >= 15 is 0 Å². The van der Waals surface area contributed by atoms with E-state index in [4.69, 9.17) is 10.2 Å². The van der Waals surface area contributed by atoms with Gasteiger partial charge in [-0.2, -0.15) is 0 Å². The number of aliphatic hydroxyl groups excluding tert-OH is 1. The largest absolute Gasteiger partial charge is 0.364 e. The van der Waals surface area contributed by atoms with Gasteiger partial charge in [-0.15, -0.1) is 0 Å². The van der Waals surface area contributed by atoms with E-state index in [1.807, 2.05) is 0 Å². The van der Waals surface area contributed by atoms with Crippen LogP contribution in [0.2, 0.25) is 0 Å². The fraction of sp³-hybridized carbons (Fsp3) is 0.250. The zero-order valence-corrected chi connectivity index (χ0v) is 6.38. The van der Waals surface area contributed by atoms with Gasteiger partial charge in [-0.25, -0.2) is 8.78 Å². The van der Waals surface area contributed by atoms with Crippen molar-refractivity contribution in [2.45, 2.75) is 13.2 Å². The molecule has 12 heavy (non-hydrogen) atoms. The lowest BCUT2D eigenvalue weighted by Crippen LogP contribution is -2.00. The summed E-state index contributed by atoms with van der Waals surface area (Å²) in [6.45, 7) is 1.39. The summed E-state index contributed by atoms with van der Waals surface area (Å²) in [4.78, 5) is 0. The highest BCUT2D eigenvalue weighted by atomic mass is 19.1. The Balaban J connectivity index is 3.23. The minimum Gasteiger partial charge on any atom is -0.364 e. The zero-order chi connectivity index (χ0) is 9.30. The van der Waals surface area contributed by atoms with Crippen molar-refractivity contribution in [3.05, 3.63) is 34.9 Å². The lowest BCUT2D eigenvalue weighted by molar-refractivity contribution is -0.0451. The fourth-order valence-corrected chi connectivity index (χ4v) is 0.860. The Morgan fingerprint density at radius 2 is 1.75 bits per heavy atom. The molecule has 0 heterocycles. The van der Waals surface area contributed by atoms with Gasteiger partial charge in [0.15, 0.2) is 6.29 Å². The van der Waals surface area contributed by atoms with Crippen molar-refractivity contribution < 1.29 is 19.0 Å². The van der Waals surface area contributed by atoms with Gasteiger partial charge >= 0.3 is 0 Å². The Morgan fingerprint density at radius 1 is 1.17 bits per heavy atom. The Morgan fingerprint density at radius 3 is 2.25 bits per heavy atom. The summed E-state index contributed by atoms with van der Waals surface area (Å²) in [5, 5.41) is 17.1. The molecule has 0 saturated heterocycles. The second-order valence-corrected chi connectivity index (χ2v) is 2.50. The average molecular weight is 174 g/mol. The van der Waals surface area contributed by atoms with Crippen LogP contribution in [-0.4, -0.2) is 10.2 Å². The average Bonchev–Trinajstić information content (AvgIpc) is 1.96. The number of halogens is 2. The van der Waals surface area contributed by atoms with E-state index in [0.717, 1.165) is 12.1 Å². The Labute approximate surface area is 68.1 Å². The van der Waals surface area contributed by atoms with Crippen molar-refractivity contribution in [1.82, 2.24) is 0 Å². The highest BCUT2D eigenvalue weighted by Gasteiger charge is 2.12. The van der Waals surface area contributed by atoms with Crippen LogP contribution >= 0.6 is 0 Å². The molecule has 1 aromatic carbocycles. The molecule has 0 saturated carbocycles. The molecular formula is C8H8F2O2. The van der Waals surface area contributed by atoms with Crippen LogP contribution < -0.4 is 0 Å². The van der Waals surface area contributed by atoms with Gasteiger partial charge in [0.05, 0.1) is 0 Å². The fourth-order valence-electron chi connectivity index (χ4n) is 0.860. The molecule has 0 radical (unpaired) electrons. The van der Waals surface area contributed by atoms with Crippen molar-refractivity contribution in [3.63, 3.8) is 0 Å². The maximum Gasteiger partial charge on any atom is 0.181 e. The molecule has 0 atom stereocenters. The molecule has 0 spiro atoms.